The third-order valence-electron chi connectivity index (χ3n) is 18.5. The SMILES string of the molecule is [2H]c1c([2H])c([2H])c2c(c1[2H])c1c([2H])c([2H])c([2H])c([2H])c1n2-c1ccc2c(c1)N(c1c(-c3ccccc3)cccc1-c1ccccc1)c1cc(C(C)(C)C)cc3c1B2c1cc(-c2cc(-c4ccccc4)cc(-c4ccccc4)c2)ccc1N3c1c(-c2ccccc2)cccc1-c1ccccc1. The summed E-state index contributed by atoms with van der Waals surface area (Å²) >= 11 is 0. The van der Waals surface area contributed by atoms with E-state index in [0.717, 1.165) is 134 Å². The minimum Gasteiger partial charge on any atom is -0.310 e. The standard InChI is InChI=1S/C88H64BN3/c1-88(2,3)69-56-83-85-84(57-69)92(87-73(63-36-18-8-19-37-63)44-27-45-74(87)64-38-20-9-21-39-64)82-58-70(90-79-46-24-22-40-75(79)76-41-23-25-47-80(76)90)49-50-77(82)89(85)78-55-65(68-53-66(59-28-10-4-11-29-59)52-67(54-68)60-30-12-5-13-31-60)48-51-81(78)91(83)86-71(61-32-14-6-15-33-61)42-26-43-72(86)62-34-16-7-17-35-62/h4-58H,1-3H3/i22D,23D,24D,25D,40D,41D,46D,47D. The van der Waals surface area contributed by atoms with Gasteiger partial charge in [-0.3, -0.25) is 0 Å². The van der Waals surface area contributed by atoms with Crippen LogP contribution in [0.25, 0.3) is 105 Å². The minimum atomic E-state index is -0.497. The molecule has 0 fully saturated rings. The van der Waals surface area contributed by atoms with Crippen LogP contribution in [0.1, 0.15) is 37.3 Å². The fraction of sp³-hybridized carbons (Fsp3) is 0.0455. The number of para-hydroxylation sites is 4. The molecule has 1 aromatic heterocycles. The summed E-state index contributed by atoms with van der Waals surface area (Å²) in [6, 6.07) is 98.1. The quantitative estimate of drug-likeness (QED) is 0.126. The Morgan fingerprint density at radius 1 is 0.304 bits per heavy atom. The molecule has 2 aliphatic heterocycles. The second-order valence-electron chi connectivity index (χ2n) is 25.0. The normalized spacial score (nSPS) is 13.7. The van der Waals surface area contributed by atoms with Gasteiger partial charge in [-0.25, -0.2) is 0 Å². The van der Waals surface area contributed by atoms with Gasteiger partial charge in [0.1, 0.15) is 0 Å². The van der Waals surface area contributed by atoms with Crippen molar-refractivity contribution in [3.8, 4) is 83.6 Å². The van der Waals surface area contributed by atoms with E-state index in [0.29, 0.717) is 5.69 Å². The van der Waals surface area contributed by atoms with Crippen molar-refractivity contribution >= 4 is 79.0 Å². The highest BCUT2D eigenvalue weighted by Gasteiger charge is 2.46. The molecular weight excluding hydrogens is 1110 g/mol. The minimum absolute atomic E-state index is 0.0133. The van der Waals surface area contributed by atoms with E-state index in [1.165, 1.54) is 0 Å². The van der Waals surface area contributed by atoms with Crippen LogP contribution in [0.5, 0.6) is 0 Å². The van der Waals surface area contributed by atoms with Crippen LogP contribution in [0.2, 0.25) is 0 Å². The Kier molecular flexibility index (Phi) is 11.3. The first-order valence-corrected chi connectivity index (χ1v) is 31.4. The van der Waals surface area contributed by atoms with E-state index in [4.69, 9.17) is 2.74 Å². The van der Waals surface area contributed by atoms with E-state index in [1.807, 2.05) is 18.2 Å². The number of hydrogen-bond donors (Lipinski definition) is 0. The molecule has 0 N–H and O–H groups in total. The molecule has 17 rings (SSSR count). The lowest BCUT2D eigenvalue weighted by Crippen LogP contribution is -2.61. The molecule has 0 radical (unpaired) electrons. The Morgan fingerprint density at radius 2 is 0.696 bits per heavy atom. The summed E-state index contributed by atoms with van der Waals surface area (Å²) < 4.78 is 76.6. The molecule has 0 spiro atoms. The molecule has 15 aromatic rings. The summed E-state index contributed by atoms with van der Waals surface area (Å²) in [5.74, 6) is 0. The van der Waals surface area contributed by atoms with Crippen molar-refractivity contribution in [2.45, 2.75) is 26.2 Å². The second kappa shape index (κ2) is 22.2. The summed E-state index contributed by atoms with van der Waals surface area (Å²) in [6.07, 6.45) is 0. The van der Waals surface area contributed by atoms with E-state index >= 15 is 0 Å². The van der Waals surface area contributed by atoms with Gasteiger partial charge in [-0.1, -0.05) is 294 Å². The van der Waals surface area contributed by atoms with Gasteiger partial charge in [-0.15, -0.1) is 0 Å². The zero-order valence-corrected chi connectivity index (χ0v) is 51.1. The Hall–Kier alpha value is -11.5. The number of benzene rings is 14. The fourth-order valence-corrected chi connectivity index (χ4v) is 14.3. The molecule has 92 heavy (non-hydrogen) atoms. The molecule has 0 unspecified atom stereocenters. The van der Waals surface area contributed by atoms with Gasteiger partial charge in [0.05, 0.1) is 33.4 Å². The summed E-state index contributed by atoms with van der Waals surface area (Å²) in [4.78, 5) is 4.97. The molecule has 0 saturated heterocycles. The smallest absolute Gasteiger partial charge is 0.252 e. The highest BCUT2D eigenvalue weighted by Crippen LogP contribution is 2.54. The van der Waals surface area contributed by atoms with E-state index in [9.17, 15) is 8.22 Å². The summed E-state index contributed by atoms with van der Waals surface area (Å²) in [6.45, 7) is 6.32. The van der Waals surface area contributed by atoms with E-state index in [2.05, 4.69) is 297 Å². The lowest BCUT2D eigenvalue weighted by Gasteiger charge is -2.46. The molecule has 2 aliphatic rings. The van der Waals surface area contributed by atoms with Crippen LogP contribution < -0.4 is 26.2 Å². The van der Waals surface area contributed by atoms with Crippen LogP contribution in [0, 0.1) is 0 Å². The number of rotatable bonds is 10. The van der Waals surface area contributed by atoms with Gasteiger partial charge in [0, 0.05) is 61.5 Å². The Bertz CT molecular complexity index is 5560. The van der Waals surface area contributed by atoms with Gasteiger partial charge in [0.2, 0.25) is 0 Å². The van der Waals surface area contributed by atoms with Gasteiger partial charge >= 0.3 is 0 Å². The number of hydrogen-bond acceptors (Lipinski definition) is 2. The van der Waals surface area contributed by atoms with Gasteiger partial charge in [0.15, 0.2) is 0 Å². The van der Waals surface area contributed by atoms with Crippen molar-refractivity contribution < 1.29 is 11.0 Å². The topological polar surface area (TPSA) is 11.4 Å². The average molecular weight is 1180 g/mol. The summed E-state index contributed by atoms with van der Waals surface area (Å²) in [7, 11) is 0. The molecule has 434 valence electrons. The third kappa shape index (κ3) is 9.20. The maximum atomic E-state index is 9.76. The van der Waals surface area contributed by atoms with Crippen molar-refractivity contribution in [1.82, 2.24) is 4.57 Å². The maximum Gasteiger partial charge on any atom is 0.252 e. The molecule has 0 aliphatic carbocycles. The van der Waals surface area contributed by atoms with E-state index in [-0.39, 0.29) is 33.9 Å². The number of anilines is 6. The maximum absolute atomic E-state index is 9.76. The van der Waals surface area contributed by atoms with Crippen molar-refractivity contribution in [3.63, 3.8) is 0 Å². The van der Waals surface area contributed by atoms with Crippen molar-refractivity contribution in [2.75, 3.05) is 9.80 Å². The molecule has 4 heteroatoms. The largest absolute Gasteiger partial charge is 0.310 e. The van der Waals surface area contributed by atoms with Crippen LogP contribution in [-0.4, -0.2) is 11.3 Å². The van der Waals surface area contributed by atoms with Gasteiger partial charge < -0.3 is 14.4 Å². The number of fused-ring (bicyclic) bond motifs is 7. The molecule has 0 saturated carbocycles. The molecular formula is C88H64BN3. The predicted octanol–water partition coefficient (Wildman–Crippen LogP) is 21.8. The van der Waals surface area contributed by atoms with Crippen LogP contribution in [-0.2, 0) is 5.41 Å². The number of aromatic nitrogens is 1. The van der Waals surface area contributed by atoms with Crippen molar-refractivity contribution in [2.24, 2.45) is 0 Å². The molecule has 3 heterocycles. The molecule has 0 atom stereocenters. The lowest BCUT2D eigenvalue weighted by molar-refractivity contribution is 0.590. The van der Waals surface area contributed by atoms with Crippen molar-refractivity contribution in [1.29, 1.82) is 0 Å². The predicted molar refractivity (Wildman–Crippen MR) is 392 cm³/mol. The average Bonchev–Trinajstić information content (AvgIpc) is 0.888. The zero-order valence-electron chi connectivity index (χ0n) is 59.1. The third-order valence-corrected chi connectivity index (χ3v) is 18.5. The lowest BCUT2D eigenvalue weighted by atomic mass is 9.33. The molecule has 3 nitrogen and oxygen atoms in total. The van der Waals surface area contributed by atoms with E-state index < -0.39 is 48.4 Å². The Balaban J connectivity index is 1.06. The zero-order chi connectivity index (χ0) is 68.4. The summed E-state index contributed by atoms with van der Waals surface area (Å²) in [5.41, 5.74) is 24.3. The van der Waals surface area contributed by atoms with Crippen LogP contribution in [0.3, 0.4) is 0 Å². The Labute approximate surface area is 550 Å². The highest BCUT2D eigenvalue weighted by atomic mass is 15.2. The fourth-order valence-electron chi connectivity index (χ4n) is 14.3. The molecule has 0 bridgehead atoms. The van der Waals surface area contributed by atoms with Gasteiger partial charge in [-0.05, 0) is 144 Å². The summed E-state index contributed by atoms with van der Waals surface area (Å²) in [5, 5.41) is 0.0267. The first-order valence-electron chi connectivity index (χ1n) is 35.4. The van der Waals surface area contributed by atoms with Gasteiger partial charge in [0.25, 0.3) is 6.71 Å². The number of nitrogens with zero attached hydrogens (tertiary/aromatic N) is 3. The Morgan fingerprint density at radius 3 is 1.12 bits per heavy atom. The highest BCUT2D eigenvalue weighted by molar-refractivity contribution is 7.00. The first-order chi connectivity index (χ1) is 48.6. The van der Waals surface area contributed by atoms with E-state index in [1.54, 1.807) is 4.57 Å². The second-order valence-corrected chi connectivity index (χ2v) is 25.0. The first kappa shape index (κ1) is 46.6. The van der Waals surface area contributed by atoms with Gasteiger partial charge in [-0.2, -0.15) is 0 Å². The van der Waals surface area contributed by atoms with Crippen LogP contribution >= 0.6 is 0 Å². The van der Waals surface area contributed by atoms with Crippen LogP contribution in [0.15, 0.2) is 333 Å². The van der Waals surface area contributed by atoms with Crippen molar-refractivity contribution in [3.05, 3.63) is 339 Å². The monoisotopic (exact) mass is 1180 g/mol. The van der Waals surface area contributed by atoms with Crippen LogP contribution in [0.4, 0.5) is 34.1 Å². The molecule has 14 aromatic carbocycles. The molecule has 0 amide bonds.